The fourth-order valence-electron chi connectivity index (χ4n) is 1.90. The second-order valence-corrected chi connectivity index (χ2v) is 5.12. The van der Waals surface area contributed by atoms with Crippen LogP contribution in [0.3, 0.4) is 0 Å². The third-order valence-corrected chi connectivity index (χ3v) is 3.36. The highest BCUT2D eigenvalue weighted by Crippen LogP contribution is 2.24. The molecule has 0 fully saturated rings. The van der Waals surface area contributed by atoms with Crippen LogP contribution in [-0.4, -0.2) is 27.3 Å². The first-order chi connectivity index (χ1) is 8.53. The smallest absolute Gasteiger partial charge is 0.0892 e. The first-order valence-electron chi connectivity index (χ1n) is 6.11. The molecule has 0 aliphatic heterocycles. The number of nitrogens with zero attached hydrogens (tertiary/aromatic N) is 3. The standard InChI is InChI=1S/C13H20N4O/c1-13(2,18-3)5-4-11(14)10-8-16-17-7-6-15-9-12(10)17/h6-9,11H,4-5,14H2,1-3H3. The quantitative estimate of drug-likeness (QED) is 0.878. The minimum absolute atomic E-state index is 0.0406. The summed E-state index contributed by atoms with van der Waals surface area (Å²) in [6, 6.07) is -0.0406. The van der Waals surface area contributed by atoms with Crippen LogP contribution in [0.4, 0.5) is 0 Å². The van der Waals surface area contributed by atoms with Gasteiger partial charge in [-0.25, -0.2) is 4.52 Å². The lowest BCUT2D eigenvalue weighted by molar-refractivity contribution is 0.0125. The van der Waals surface area contributed by atoms with Gasteiger partial charge >= 0.3 is 0 Å². The second-order valence-electron chi connectivity index (χ2n) is 5.12. The number of hydrogen-bond donors (Lipinski definition) is 1. The summed E-state index contributed by atoms with van der Waals surface area (Å²) in [5, 5.41) is 4.27. The SMILES string of the molecule is COC(C)(C)CCC(N)c1cnn2ccncc12. The van der Waals surface area contributed by atoms with Crippen molar-refractivity contribution >= 4 is 5.52 Å². The van der Waals surface area contributed by atoms with Crippen molar-refractivity contribution in [2.24, 2.45) is 5.73 Å². The molecule has 1 atom stereocenters. The maximum absolute atomic E-state index is 6.23. The Morgan fingerprint density at radius 3 is 2.94 bits per heavy atom. The van der Waals surface area contributed by atoms with Crippen LogP contribution < -0.4 is 5.73 Å². The molecule has 5 nitrogen and oxygen atoms in total. The van der Waals surface area contributed by atoms with Gasteiger partial charge in [-0.05, 0) is 26.7 Å². The van der Waals surface area contributed by atoms with Gasteiger partial charge in [-0.15, -0.1) is 0 Å². The van der Waals surface area contributed by atoms with Crippen LogP contribution in [0.2, 0.25) is 0 Å². The Labute approximate surface area is 107 Å². The molecule has 0 amide bonds. The van der Waals surface area contributed by atoms with Crippen molar-refractivity contribution in [1.82, 2.24) is 14.6 Å². The molecule has 0 aliphatic rings. The van der Waals surface area contributed by atoms with Gasteiger partial charge in [-0.2, -0.15) is 5.10 Å². The molecule has 0 aliphatic carbocycles. The molecule has 0 saturated carbocycles. The largest absolute Gasteiger partial charge is 0.379 e. The zero-order valence-electron chi connectivity index (χ0n) is 11.1. The minimum atomic E-state index is -0.140. The van der Waals surface area contributed by atoms with E-state index in [4.69, 9.17) is 10.5 Å². The maximum atomic E-state index is 6.23. The topological polar surface area (TPSA) is 65.4 Å². The van der Waals surface area contributed by atoms with Gasteiger partial charge in [0.2, 0.25) is 0 Å². The van der Waals surface area contributed by atoms with Gasteiger partial charge in [0.15, 0.2) is 0 Å². The number of hydrogen-bond acceptors (Lipinski definition) is 4. The van der Waals surface area contributed by atoms with Crippen LogP contribution in [-0.2, 0) is 4.74 Å². The summed E-state index contributed by atoms with van der Waals surface area (Å²) in [6.07, 6.45) is 8.92. The predicted octanol–water partition coefficient (Wildman–Crippen LogP) is 1.93. The fraction of sp³-hybridized carbons (Fsp3) is 0.538. The Hall–Kier alpha value is -1.46. The number of nitrogens with two attached hydrogens (primary N) is 1. The van der Waals surface area contributed by atoms with Gasteiger partial charge in [-0.1, -0.05) is 0 Å². The van der Waals surface area contributed by atoms with Gasteiger partial charge in [0.05, 0.1) is 23.5 Å². The van der Waals surface area contributed by atoms with Crippen LogP contribution in [0.5, 0.6) is 0 Å². The van der Waals surface area contributed by atoms with E-state index < -0.39 is 0 Å². The number of rotatable bonds is 5. The summed E-state index contributed by atoms with van der Waals surface area (Å²) in [5.41, 5.74) is 8.10. The molecule has 0 aromatic carbocycles. The summed E-state index contributed by atoms with van der Waals surface area (Å²) < 4.78 is 7.20. The lowest BCUT2D eigenvalue weighted by Gasteiger charge is -2.24. The van der Waals surface area contributed by atoms with E-state index >= 15 is 0 Å². The van der Waals surface area contributed by atoms with E-state index in [1.165, 1.54) is 0 Å². The lowest BCUT2D eigenvalue weighted by atomic mass is 9.96. The summed E-state index contributed by atoms with van der Waals surface area (Å²) in [7, 11) is 1.73. The number of fused-ring (bicyclic) bond motifs is 1. The minimum Gasteiger partial charge on any atom is -0.379 e. The summed E-state index contributed by atoms with van der Waals surface area (Å²) in [4.78, 5) is 4.11. The van der Waals surface area contributed by atoms with Crippen molar-refractivity contribution in [3.63, 3.8) is 0 Å². The van der Waals surface area contributed by atoms with E-state index in [1.807, 2.05) is 12.4 Å². The number of aromatic nitrogens is 3. The van der Waals surface area contributed by atoms with Crippen molar-refractivity contribution in [1.29, 1.82) is 0 Å². The zero-order chi connectivity index (χ0) is 13.2. The van der Waals surface area contributed by atoms with Crippen molar-refractivity contribution in [2.75, 3.05) is 7.11 Å². The molecule has 0 radical (unpaired) electrons. The van der Waals surface area contributed by atoms with Crippen LogP contribution in [0, 0.1) is 0 Å². The molecule has 98 valence electrons. The molecule has 2 rings (SSSR count). The van der Waals surface area contributed by atoms with Crippen LogP contribution in [0.1, 0.15) is 38.3 Å². The Kier molecular flexibility index (Phi) is 3.63. The monoisotopic (exact) mass is 248 g/mol. The third-order valence-electron chi connectivity index (χ3n) is 3.36. The highest BCUT2D eigenvalue weighted by molar-refractivity contribution is 5.52. The molecule has 2 heterocycles. The van der Waals surface area contributed by atoms with E-state index in [1.54, 1.807) is 24.0 Å². The molecule has 18 heavy (non-hydrogen) atoms. The first kappa shape index (κ1) is 13.0. The third kappa shape index (κ3) is 2.68. The summed E-state index contributed by atoms with van der Waals surface area (Å²) >= 11 is 0. The van der Waals surface area contributed by atoms with Crippen molar-refractivity contribution < 1.29 is 4.74 Å². The van der Waals surface area contributed by atoms with Gasteiger partial charge in [0, 0.05) is 31.1 Å². The van der Waals surface area contributed by atoms with Crippen molar-refractivity contribution in [2.45, 2.75) is 38.3 Å². The summed E-state index contributed by atoms with van der Waals surface area (Å²) in [5.74, 6) is 0. The molecular weight excluding hydrogens is 228 g/mol. The normalized spacial score (nSPS) is 14.0. The lowest BCUT2D eigenvalue weighted by Crippen LogP contribution is -2.24. The molecule has 1 unspecified atom stereocenters. The highest BCUT2D eigenvalue weighted by Gasteiger charge is 2.20. The molecule has 2 aromatic rings. The Balaban J connectivity index is 2.12. The molecule has 0 bridgehead atoms. The van der Waals surface area contributed by atoms with Gasteiger partial charge in [0.25, 0.3) is 0 Å². The van der Waals surface area contributed by atoms with E-state index in [0.29, 0.717) is 0 Å². The maximum Gasteiger partial charge on any atom is 0.0892 e. The Morgan fingerprint density at radius 1 is 1.44 bits per heavy atom. The Bertz CT molecular complexity index is 520. The van der Waals surface area contributed by atoms with E-state index in [2.05, 4.69) is 23.9 Å². The van der Waals surface area contributed by atoms with Gasteiger partial charge in [0.1, 0.15) is 0 Å². The molecule has 0 saturated heterocycles. The van der Waals surface area contributed by atoms with E-state index in [-0.39, 0.29) is 11.6 Å². The average molecular weight is 248 g/mol. The number of ether oxygens (including phenoxy) is 1. The van der Waals surface area contributed by atoms with Crippen molar-refractivity contribution in [3.8, 4) is 0 Å². The average Bonchev–Trinajstić information content (AvgIpc) is 2.80. The second kappa shape index (κ2) is 5.04. The van der Waals surface area contributed by atoms with Crippen LogP contribution >= 0.6 is 0 Å². The molecule has 2 N–H and O–H groups in total. The molecule has 2 aromatic heterocycles. The van der Waals surface area contributed by atoms with E-state index in [0.717, 1.165) is 23.9 Å². The molecular formula is C13H20N4O. The van der Waals surface area contributed by atoms with Gasteiger partial charge < -0.3 is 10.5 Å². The van der Waals surface area contributed by atoms with Gasteiger partial charge in [-0.3, -0.25) is 4.98 Å². The fourth-order valence-corrected chi connectivity index (χ4v) is 1.90. The zero-order valence-corrected chi connectivity index (χ0v) is 11.1. The predicted molar refractivity (Wildman–Crippen MR) is 70.2 cm³/mol. The number of methoxy groups -OCH3 is 1. The van der Waals surface area contributed by atoms with Crippen LogP contribution in [0.15, 0.2) is 24.8 Å². The van der Waals surface area contributed by atoms with Crippen LogP contribution in [0.25, 0.3) is 5.52 Å². The summed E-state index contributed by atoms with van der Waals surface area (Å²) in [6.45, 7) is 4.13. The Morgan fingerprint density at radius 2 is 2.22 bits per heavy atom. The first-order valence-corrected chi connectivity index (χ1v) is 6.11. The van der Waals surface area contributed by atoms with E-state index in [9.17, 15) is 0 Å². The molecule has 0 spiro atoms. The van der Waals surface area contributed by atoms with Crippen molar-refractivity contribution in [3.05, 3.63) is 30.4 Å². The molecule has 5 heteroatoms. The highest BCUT2D eigenvalue weighted by atomic mass is 16.5.